The molecule has 5 nitrogen and oxygen atoms in total. The Kier molecular flexibility index (Phi) is 9.30. The number of amides is 1. The maximum Gasteiger partial charge on any atom is 0.306 e. The minimum atomic E-state index is -0.154. The lowest BCUT2D eigenvalue weighted by Crippen LogP contribution is -2.32. The number of nitrogens with zero attached hydrogens (tertiary/aromatic N) is 2. The third kappa shape index (κ3) is 6.42. The molecular weight excluding hydrogens is 472 g/mol. The molecule has 0 bridgehead atoms. The van der Waals surface area contributed by atoms with E-state index in [4.69, 9.17) is 16.3 Å². The van der Waals surface area contributed by atoms with E-state index >= 15 is 0 Å². The molecule has 2 aromatic rings. The molecule has 1 amide bonds. The molecule has 2 aliphatic heterocycles. The summed E-state index contributed by atoms with van der Waals surface area (Å²) >= 11 is 6.65. The highest BCUT2D eigenvalue weighted by atomic mass is 35.5. The Morgan fingerprint density at radius 1 is 1.06 bits per heavy atom. The monoisotopic (exact) mass is 510 g/mol. The first-order valence-corrected chi connectivity index (χ1v) is 14.0. The molecule has 2 atom stereocenters. The van der Waals surface area contributed by atoms with Gasteiger partial charge in [0.15, 0.2) is 0 Å². The predicted molar refractivity (Wildman–Crippen MR) is 147 cm³/mol. The fourth-order valence-electron chi connectivity index (χ4n) is 5.48. The molecule has 4 rings (SSSR count). The van der Waals surface area contributed by atoms with Crippen LogP contribution in [0.5, 0.6) is 0 Å². The van der Waals surface area contributed by atoms with Gasteiger partial charge >= 0.3 is 5.97 Å². The molecule has 0 aromatic heterocycles. The van der Waals surface area contributed by atoms with Crippen molar-refractivity contribution in [3.63, 3.8) is 0 Å². The Hall–Kier alpha value is -2.53. The van der Waals surface area contributed by atoms with E-state index in [1.165, 1.54) is 12.8 Å². The van der Waals surface area contributed by atoms with E-state index in [1.54, 1.807) is 0 Å². The van der Waals surface area contributed by atoms with Crippen molar-refractivity contribution < 1.29 is 14.3 Å². The molecule has 0 saturated carbocycles. The first kappa shape index (κ1) is 26.5. The smallest absolute Gasteiger partial charge is 0.306 e. The van der Waals surface area contributed by atoms with Gasteiger partial charge in [0.1, 0.15) is 0 Å². The van der Waals surface area contributed by atoms with Crippen LogP contribution in [-0.2, 0) is 9.53 Å². The van der Waals surface area contributed by atoms with Crippen LogP contribution in [0.4, 0.5) is 11.4 Å². The first-order chi connectivity index (χ1) is 17.5. The fraction of sp³-hybridized carbons (Fsp3) is 0.533. The number of esters is 1. The Morgan fingerprint density at radius 3 is 2.58 bits per heavy atom. The van der Waals surface area contributed by atoms with E-state index in [0.717, 1.165) is 68.6 Å². The van der Waals surface area contributed by atoms with E-state index in [-0.39, 0.29) is 23.9 Å². The van der Waals surface area contributed by atoms with E-state index in [1.807, 2.05) is 54.3 Å². The molecule has 2 aliphatic rings. The predicted octanol–water partition coefficient (Wildman–Crippen LogP) is 7.37. The maximum absolute atomic E-state index is 13.7. The maximum atomic E-state index is 13.7. The van der Waals surface area contributed by atoms with Gasteiger partial charge in [-0.2, -0.15) is 0 Å². The number of fused-ring (bicyclic) bond motifs is 1. The lowest BCUT2D eigenvalue weighted by atomic mass is 9.91. The quantitative estimate of drug-likeness (QED) is 0.261. The lowest BCUT2D eigenvalue weighted by molar-refractivity contribution is -0.149. The summed E-state index contributed by atoms with van der Waals surface area (Å²) in [7, 11) is 0. The van der Waals surface area contributed by atoms with Gasteiger partial charge in [-0.05, 0) is 81.2 Å². The third-order valence-corrected chi connectivity index (χ3v) is 7.77. The summed E-state index contributed by atoms with van der Waals surface area (Å²) in [6.07, 6.45) is 8.60. The number of rotatable bonds is 9. The average molecular weight is 511 g/mol. The van der Waals surface area contributed by atoms with E-state index in [9.17, 15) is 9.59 Å². The first-order valence-electron chi connectivity index (χ1n) is 13.6. The van der Waals surface area contributed by atoms with Gasteiger partial charge < -0.3 is 14.5 Å². The Labute approximate surface area is 220 Å². The number of hydrogen-bond acceptors (Lipinski definition) is 4. The highest BCUT2D eigenvalue weighted by Gasteiger charge is 2.30. The van der Waals surface area contributed by atoms with Crippen LogP contribution in [0.25, 0.3) is 0 Å². The van der Waals surface area contributed by atoms with Gasteiger partial charge in [-0.25, -0.2) is 0 Å². The molecule has 6 heteroatoms. The summed E-state index contributed by atoms with van der Waals surface area (Å²) in [6, 6.07) is 13.8. The zero-order valence-electron chi connectivity index (χ0n) is 21.7. The zero-order chi connectivity index (χ0) is 25.5. The number of para-hydroxylation sites is 1. The standard InChI is InChI=1S/C30H39ClN2O3/c1-3-4-5-11-22(2)36-29(34)20-23-12-10-19-33(28-14-7-6-13-25(23)28)30(35)26-16-15-24(21-27(26)31)32-17-8-9-18-32/h6-7,13-16,21-23H,3-5,8-12,17-20H2,1-2H3/t22-,23+/m1/s1. The number of carbonyl (C=O) groups is 2. The number of anilines is 2. The Balaban J connectivity index is 1.49. The molecule has 0 spiro atoms. The van der Waals surface area contributed by atoms with Gasteiger partial charge in [-0.15, -0.1) is 0 Å². The second-order valence-electron chi connectivity index (χ2n) is 10.2. The number of carbonyl (C=O) groups excluding carboxylic acids is 2. The van der Waals surface area contributed by atoms with Gasteiger partial charge in [0.2, 0.25) is 0 Å². The van der Waals surface area contributed by atoms with Crippen molar-refractivity contribution in [1.29, 1.82) is 0 Å². The minimum Gasteiger partial charge on any atom is -0.463 e. The van der Waals surface area contributed by atoms with Crippen LogP contribution in [0.3, 0.4) is 0 Å². The molecule has 36 heavy (non-hydrogen) atoms. The second-order valence-corrected chi connectivity index (χ2v) is 10.6. The normalized spacial score (nSPS) is 18.5. The number of unbranched alkanes of at least 4 members (excludes halogenated alkanes) is 2. The molecule has 2 heterocycles. The Bertz CT molecular complexity index is 1050. The summed E-state index contributed by atoms with van der Waals surface area (Å²) in [5.41, 5.74) is 3.50. The van der Waals surface area contributed by atoms with Gasteiger partial charge in [0, 0.05) is 31.0 Å². The average Bonchev–Trinajstić information content (AvgIpc) is 3.35. The van der Waals surface area contributed by atoms with Crippen molar-refractivity contribution in [2.45, 2.75) is 83.7 Å². The molecule has 1 fully saturated rings. The molecule has 194 valence electrons. The minimum absolute atomic E-state index is 0.0300. The van der Waals surface area contributed by atoms with Crippen molar-refractivity contribution in [3.05, 3.63) is 58.6 Å². The van der Waals surface area contributed by atoms with Gasteiger partial charge in [0.05, 0.1) is 23.1 Å². The molecule has 0 unspecified atom stereocenters. The fourth-order valence-corrected chi connectivity index (χ4v) is 5.74. The molecule has 1 saturated heterocycles. The number of hydrogen-bond donors (Lipinski definition) is 0. The summed E-state index contributed by atoms with van der Waals surface area (Å²) in [6.45, 7) is 6.81. The Morgan fingerprint density at radius 2 is 1.83 bits per heavy atom. The third-order valence-electron chi connectivity index (χ3n) is 7.46. The molecule has 0 radical (unpaired) electrons. The molecular formula is C30H39ClN2O3. The summed E-state index contributed by atoms with van der Waals surface area (Å²) in [5, 5.41) is 0.489. The molecule has 2 aromatic carbocycles. The van der Waals surface area contributed by atoms with Crippen molar-refractivity contribution in [2.24, 2.45) is 0 Å². The van der Waals surface area contributed by atoms with E-state index in [2.05, 4.69) is 11.8 Å². The second kappa shape index (κ2) is 12.6. The summed E-state index contributed by atoms with van der Waals surface area (Å²) in [4.78, 5) is 30.6. The van der Waals surface area contributed by atoms with Crippen molar-refractivity contribution in [3.8, 4) is 0 Å². The number of ether oxygens (including phenoxy) is 1. The highest BCUT2D eigenvalue weighted by molar-refractivity contribution is 6.34. The van der Waals surface area contributed by atoms with Crippen LogP contribution >= 0.6 is 11.6 Å². The van der Waals surface area contributed by atoms with Crippen LogP contribution in [-0.4, -0.2) is 37.6 Å². The van der Waals surface area contributed by atoms with Crippen LogP contribution in [0, 0.1) is 0 Å². The van der Waals surface area contributed by atoms with Crippen molar-refractivity contribution in [2.75, 3.05) is 29.4 Å². The highest BCUT2D eigenvalue weighted by Crippen LogP contribution is 2.38. The van der Waals surface area contributed by atoms with Crippen molar-refractivity contribution in [1.82, 2.24) is 0 Å². The zero-order valence-corrected chi connectivity index (χ0v) is 22.4. The number of halogens is 1. The van der Waals surface area contributed by atoms with Crippen LogP contribution < -0.4 is 9.80 Å². The SMILES string of the molecule is CCCCC[C@@H](C)OC(=O)C[C@@H]1CCCN(C(=O)c2ccc(N3CCCC3)cc2Cl)c2ccccc21. The van der Waals surface area contributed by atoms with Crippen molar-refractivity contribution >= 4 is 34.9 Å². The van der Waals surface area contributed by atoms with Crippen LogP contribution in [0.15, 0.2) is 42.5 Å². The lowest BCUT2D eigenvalue weighted by Gasteiger charge is -2.25. The topological polar surface area (TPSA) is 49.9 Å². The van der Waals surface area contributed by atoms with E-state index in [0.29, 0.717) is 23.6 Å². The summed E-state index contributed by atoms with van der Waals surface area (Å²) in [5.74, 6) is -0.213. The summed E-state index contributed by atoms with van der Waals surface area (Å²) < 4.78 is 5.73. The largest absolute Gasteiger partial charge is 0.463 e. The van der Waals surface area contributed by atoms with Crippen LogP contribution in [0.2, 0.25) is 5.02 Å². The number of benzene rings is 2. The van der Waals surface area contributed by atoms with Crippen LogP contribution in [0.1, 0.15) is 93.5 Å². The van der Waals surface area contributed by atoms with Gasteiger partial charge in [-0.1, -0.05) is 49.6 Å². The van der Waals surface area contributed by atoms with E-state index < -0.39 is 0 Å². The molecule has 0 N–H and O–H groups in total. The molecule has 0 aliphatic carbocycles. The van der Waals surface area contributed by atoms with Gasteiger partial charge in [0.25, 0.3) is 5.91 Å². The van der Waals surface area contributed by atoms with Gasteiger partial charge in [-0.3, -0.25) is 9.59 Å².